The molecule has 23 heavy (non-hydrogen) atoms. The second kappa shape index (κ2) is 5.39. The molecule has 1 heterocycles. The fourth-order valence-corrected chi connectivity index (χ4v) is 2.93. The molecule has 0 fully saturated rings. The van der Waals surface area contributed by atoms with Crippen LogP contribution in [0.3, 0.4) is 0 Å². The SMILES string of the molecule is COc1c(O)c2c(c3c(OC)cc(O)cc13)OC(C)=CC2C=O. The summed E-state index contributed by atoms with van der Waals surface area (Å²) in [5.74, 6) is 0.481. The van der Waals surface area contributed by atoms with Crippen molar-refractivity contribution in [3.8, 4) is 28.7 Å². The number of carbonyl (C=O) groups is 1. The van der Waals surface area contributed by atoms with Gasteiger partial charge in [-0.05, 0) is 19.1 Å². The molecule has 6 nitrogen and oxygen atoms in total. The summed E-state index contributed by atoms with van der Waals surface area (Å²) in [6.45, 7) is 1.72. The van der Waals surface area contributed by atoms with Crippen molar-refractivity contribution in [2.75, 3.05) is 14.2 Å². The Kier molecular flexibility index (Phi) is 3.52. The Bertz CT molecular complexity index is 837. The number of rotatable bonds is 3. The molecule has 6 heteroatoms. The first kappa shape index (κ1) is 15.0. The van der Waals surface area contributed by atoms with Crippen LogP contribution in [0.1, 0.15) is 18.4 Å². The van der Waals surface area contributed by atoms with E-state index < -0.39 is 5.92 Å². The number of allylic oxidation sites excluding steroid dienone is 2. The number of phenols is 2. The van der Waals surface area contributed by atoms with Crippen LogP contribution in [-0.4, -0.2) is 30.7 Å². The van der Waals surface area contributed by atoms with E-state index in [9.17, 15) is 15.0 Å². The van der Waals surface area contributed by atoms with Crippen molar-refractivity contribution in [1.82, 2.24) is 0 Å². The minimum Gasteiger partial charge on any atom is -0.508 e. The molecule has 0 saturated carbocycles. The second-order valence-corrected chi connectivity index (χ2v) is 5.24. The van der Waals surface area contributed by atoms with Crippen molar-refractivity contribution in [3.63, 3.8) is 0 Å². The van der Waals surface area contributed by atoms with Gasteiger partial charge in [0.15, 0.2) is 11.5 Å². The lowest BCUT2D eigenvalue weighted by atomic mass is 9.91. The molecule has 0 spiro atoms. The molecule has 1 aliphatic heterocycles. The van der Waals surface area contributed by atoms with Gasteiger partial charge in [0.1, 0.15) is 23.5 Å². The Balaban J connectivity index is 2.52. The minimum absolute atomic E-state index is 0.0398. The zero-order valence-corrected chi connectivity index (χ0v) is 12.9. The molecule has 2 aromatic rings. The molecule has 0 radical (unpaired) electrons. The van der Waals surface area contributed by atoms with Crippen LogP contribution in [0, 0.1) is 0 Å². The van der Waals surface area contributed by atoms with E-state index in [0.29, 0.717) is 33.6 Å². The molecule has 1 unspecified atom stereocenters. The monoisotopic (exact) mass is 316 g/mol. The maximum atomic E-state index is 11.4. The second-order valence-electron chi connectivity index (χ2n) is 5.24. The molecule has 0 aliphatic carbocycles. The number of carbonyl (C=O) groups excluding carboxylic acids is 1. The van der Waals surface area contributed by atoms with Gasteiger partial charge in [0.25, 0.3) is 0 Å². The van der Waals surface area contributed by atoms with Gasteiger partial charge in [-0.1, -0.05) is 0 Å². The number of fused-ring (bicyclic) bond motifs is 3. The van der Waals surface area contributed by atoms with Crippen molar-refractivity contribution in [3.05, 3.63) is 29.5 Å². The van der Waals surface area contributed by atoms with Gasteiger partial charge in [-0.3, -0.25) is 0 Å². The zero-order chi connectivity index (χ0) is 16.7. The van der Waals surface area contributed by atoms with Crippen LogP contribution in [0.4, 0.5) is 0 Å². The van der Waals surface area contributed by atoms with E-state index in [2.05, 4.69) is 0 Å². The number of benzene rings is 2. The Hall–Kier alpha value is -2.89. The smallest absolute Gasteiger partial charge is 0.169 e. The van der Waals surface area contributed by atoms with Crippen molar-refractivity contribution in [1.29, 1.82) is 0 Å². The first-order valence-electron chi connectivity index (χ1n) is 6.96. The highest BCUT2D eigenvalue weighted by Crippen LogP contribution is 2.53. The third kappa shape index (κ3) is 2.14. The number of hydrogen-bond acceptors (Lipinski definition) is 6. The van der Waals surface area contributed by atoms with Gasteiger partial charge in [-0.25, -0.2) is 0 Å². The third-order valence-electron chi connectivity index (χ3n) is 3.85. The molecule has 0 aromatic heterocycles. The first-order chi connectivity index (χ1) is 11.0. The van der Waals surface area contributed by atoms with Crippen LogP contribution in [0.2, 0.25) is 0 Å². The molecule has 2 aromatic carbocycles. The summed E-state index contributed by atoms with van der Waals surface area (Å²) in [7, 11) is 2.86. The van der Waals surface area contributed by atoms with Crippen LogP contribution in [0.15, 0.2) is 24.0 Å². The van der Waals surface area contributed by atoms with Crippen LogP contribution in [0.5, 0.6) is 28.7 Å². The summed E-state index contributed by atoms with van der Waals surface area (Å²) in [4.78, 5) is 11.4. The standard InChI is InChI=1S/C17H16O6/c1-8-4-9(7-18)13-15(20)16(22-3)11-5-10(19)6-12(21-2)14(11)17(13)23-8/h4-7,9,19-20H,1-3H3. The third-order valence-corrected chi connectivity index (χ3v) is 3.85. The minimum atomic E-state index is -0.657. The predicted octanol–water partition coefficient (Wildman–Crippen LogP) is 2.85. The molecular weight excluding hydrogens is 300 g/mol. The van der Waals surface area contributed by atoms with Gasteiger partial charge in [0, 0.05) is 11.5 Å². The topological polar surface area (TPSA) is 85.2 Å². The number of hydrogen-bond donors (Lipinski definition) is 2. The van der Waals surface area contributed by atoms with Gasteiger partial charge in [0.05, 0.1) is 36.8 Å². The van der Waals surface area contributed by atoms with E-state index in [-0.39, 0.29) is 17.2 Å². The lowest BCUT2D eigenvalue weighted by Gasteiger charge is -2.25. The number of aromatic hydroxyl groups is 2. The van der Waals surface area contributed by atoms with Crippen molar-refractivity contribution >= 4 is 17.1 Å². The fourth-order valence-electron chi connectivity index (χ4n) is 2.93. The average molecular weight is 316 g/mol. The Morgan fingerprint density at radius 2 is 1.96 bits per heavy atom. The Labute approximate surface area is 132 Å². The number of phenolic OH excluding ortho intramolecular Hbond substituents is 2. The van der Waals surface area contributed by atoms with Gasteiger partial charge < -0.3 is 29.2 Å². The molecular formula is C17H16O6. The Morgan fingerprint density at radius 1 is 1.22 bits per heavy atom. The summed E-state index contributed by atoms with van der Waals surface area (Å²) < 4.78 is 16.4. The van der Waals surface area contributed by atoms with E-state index >= 15 is 0 Å². The van der Waals surface area contributed by atoms with Crippen molar-refractivity contribution in [2.45, 2.75) is 12.8 Å². The lowest BCUT2D eigenvalue weighted by Crippen LogP contribution is -2.11. The maximum Gasteiger partial charge on any atom is 0.169 e. The van der Waals surface area contributed by atoms with E-state index in [1.165, 1.54) is 26.4 Å². The summed E-state index contributed by atoms with van der Waals surface area (Å²) in [5, 5.41) is 21.4. The van der Waals surface area contributed by atoms with Crippen LogP contribution >= 0.6 is 0 Å². The summed E-state index contributed by atoms with van der Waals surface area (Å²) in [5.41, 5.74) is 0.318. The van der Waals surface area contributed by atoms with E-state index in [1.54, 1.807) is 13.0 Å². The molecule has 0 saturated heterocycles. The zero-order valence-electron chi connectivity index (χ0n) is 12.9. The first-order valence-corrected chi connectivity index (χ1v) is 6.96. The van der Waals surface area contributed by atoms with Crippen molar-refractivity contribution < 1.29 is 29.2 Å². The highest BCUT2D eigenvalue weighted by atomic mass is 16.5. The number of aldehydes is 1. The van der Waals surface area contributed by atoms with Gasteiger partial charge in [-0.15, -0.1) is 0 Å². The molecule has 2 N–H and O–H groups in total. The molecule has 3 rings (SSSR count). The average Bonchev–Trinajstić information content (AvgIpc) is 2.53. The summed E-state index contributed by atoms with van der Waals surface area (Å²) >= 11 is 0. The largest absolute Gasteiger partial charge is 0.508 e. The maximum absolute atomic E-state index is 11.4. The Morgan fingerprint density at radius 3 is 2.57 bits per heavy atom. The van der Waals surface area contributed by atoms with E-state index in [1.807, 2.05) is 0 Å². The van der Waals surface area contributed by atoms with E-state index in [0.717, 1.165) is 6.29 Å². The van der Waals surface area contributed by atoms with Crippen LogP contribution in [0.25, 0.3) is 10.8 Å². The normalized spacial score (nSPS) is 16.3. The summed E-state index contributed by atoms with van der Waals surface area (Å²) in [6, 6.07) is 2.88. The van der Waals surface area contributed by atoms with Gasteiger partial charge >= 0.3 is 0 Å². The van der Waals surface area contributed by atoms with E-state index in [4.69, 9.17) is 14.2 Å². The lowest BCUT2D eigenvalue weighted by molar-refractivity contribution is -0.108. The fraction of sp³-hybridized carbons (Fsp3) is 0.235. The number of ether oxygens (including phenoxy) is 3. The highest BCUT2D eigenvalue weighted by Gasteiger charge is 2.31. The molecule has 1 atom stereocenters. The quantitative estimate of drug-likeness (QED) is 0.847. The molecule has 1 aliphatic rings. The van der Waals surface area contributed by atoms with Gasteiger partial charge in [-0.2, -0.15) is 0 Å². The summed E-state index contributed by atoms with van der Waals surface area (Å²) in [6.07, 6.45) is 2.34. The van der Waals surface area contributed by atoms with Crippen molar-refractivity contribution in [2.24, 2.45) is 0 Å². The van der Waals surface area contributed by atoms with Crippen LogP contribution < -0.4 is 14.2 Å². The molecule has 120 valence electrons. The van der Waals surface area contributed by atoms with Crippen LogP contribution in [-0.2, 0) is 4.79 Å². The highest BCUT2D eigenvalue weighted by molar-refractivity contribution is 6.03. The number of methoxy groups -OCH3 is 2. The van der Waals surface area contributed by atoms with Gasteiger partial charge in [0.2, 0.25) is 0 Å². The molecule has 0 bridgehead atoms. The molecule has 0 amide bonds. The predicted molar refractivity (Wildman–Crippen MR) is 83.6 cm³/mol.